The van der Waals surface area contributed by atoms with E-state index in [0.717, 1.165) is 42.2 Å². The van der Waals surface area contributed by atoms with Gasteiger partial charge in [0.15, 0.2) is 0 Å². The molecule has 4 heterocycles. The Morgan fingerprint density at radius 3 is 2.79 bits per heavy atom. The third kappa shape index (κ3) is 3.02. The molecule has 0 spiro atoms. The van der Waals surface area contributed by atoms with Gasteiger partial charge >= 0.3 is 7.12 Å². The van der Waals surface area contributed by atoms with Gasteiger partial charge in [-0.1, -0.05) is 38.1 Å². The molecular formula is C27H34BNO5. The summed E-state index contributed by atoms with van der Waals surface area (Å²) in [5.41, 5.74) is -0.0352. The highest BCUT2D eigenvalue weighted by molar-refractivity contribution is 6.48. The number of amides is 1. The van der Waals surface area contributed by atoms with Gasteiger partial charge in [-0.2, -0.15) is 0 Å². The van der Waals surface area contributed by atoms with E-state index in [4.69, 9.17) is 18.5 Å². The second-order valence-electron chi connectivity index (χ2n) is 12.1. The Kier molecular flexibility index (Phi) is 4.63. The van der Waals surface area contributed by atoms with Crippen molar-refractivity contribution in [2.24, 2.45) is 23.2 Å². The Balaban J connectivity index is 1.17. The number of furan rings is 1. The molecule has 1 aromatic carbocycles. The Bertz CT molecular complexity index is 1130. The smallest absolute Gasteiger partial charge is 0.468 e. The summed E-state index contributed by atoms with van der Waals surface area (Å²) >= 11 is 0. The summed E-state index contributed by atoms with van der Waals surface area (Å²) in [7, 11) is -0.488. The van der Waals surface area contributed by atoms with Crippen molar-refractivity contribution in [2.75, 3.05) is 0 Å². The largest absolute Gasteiger partial charge is 0.482 e. The first-order chi connectivity index (χ1) is 16.3. The van der Waals surface area contributed by atoms with Crippen molar-refractivity contribution in [3.05, 3.63) is 36.3 Å². The third-order valence-corrected chi connectivity index (χ3v) is 10.1. The number of carbonyl (C=O) groups is 1. The van der Waals surface area contributed by atoms with E-state index >= 15 is 0 Å². The highest BCUT2D eigenvalue weighted by Crippen LogP contribution is 2.65. The maximum absolute atomic E-state index is 13.4. The molecule has 1 N–H and O–H groups in total. The minimum absolute atomic E-state index is 0.0497. The summed E-state index contributed by atoms with van der Waals surface area (Å²) in [6, 6.07) is 8.16. The second-order valence-corrected chi connectivity index (χ2v) is 12.1. The van der Waals surface area contributed by atoms with Crippen molar-refractivity contribution in [2.45, 2.75) is 89.2 Å². The predicted molar refractivity (Wildman–Crippen MR) is 128 cm³/mol. The van der Waals surface area contributed by atoms with Gasteiger partial charge in [0.2, 0.25) is 5.91 Å². The molecule has 34 heavy (non-hydrogen) atoms. The number of rotatable bonds is 5. The number of hydrogen-bond donors (Lipinski definition) is 1. The molecule has 0 radical (unpaired) electrons. The van der Waals surface area contributed by atoms with Crippen molar-refractivity contribution in [3.63, 3.8) is 0 Å². The van der Waals surface area contributed by atoms with E-state index in [1.54, 1.807) is 6.26 Å². The molecule has 3 aliphatic heterocycles. The first-order valence-electron chi connectivity index (χ1n) is 13.1. The molecule has 8 atom stereocenters. The number of benzene rings is 1. The fraction of sp³-hybridized carbons (Fsp3) is 0.667. The Morgan fingerprint density at radius 2 is 2.03 bits per heavy atom. The van der Waals surface area contributed by atoms with Crippen LogP contribution in [-0.2, 0) is 25.3 Å². The average Bonchev–Trinajstić information content (AvgIpc) is 3.60. The van der Waals surface area contributed by atoms with E-state index < -0.39 is 7.12 Å². The van der Waals surface area contributed by atoms with Crippen molar-refractivity contribution < 1.29 is 23.3 Å². The molecule has 180 valence electrons. The summed E-state index contributed by atoms with van der Waals surface area (Å²) in [5.74, 6) is 1.69. The van der Waals surface area contributed by atoms with Crippen LogP contribution in [0.5, 0.6) is 0 Å². The molecule has 8 rings (SSSR count). The molecule has 3 saturated carbocycles. The minimum atomic E-state index is -0.488. The molecule has 0 unspecified atom stereocenters. The van der Waals surface area contributed by atoms with Crippen LogP contribution in [-0.4, -0.2) is 42.9 Å². The molecule has 6 aliphatic rings. The molecule has 6 nitrogen and oxygen atoms in total. The molecular weight excluding hydrogens is 429 g/mol. The third-order valence-electron chi connectivity index (χ3n) is 10.1. The van der Waals surface area contributed by atoms with Gasteiger partial charge in [-0.3, -0.25) is 4.79 Å². The molecule has 2 aromatic rings. The van der Waals surface area contributed by atoms with E-state index in [1.807, 2.05) is 12.1 Å². The summed E-state index contributed by atoms with van der Waals surface area (Å²) in [5, 5.41) is 5.48. The van der Waals surface area contributed by atoms with Crippen LogP contribution in [0, 0.1) is 23.2 Å². The highest BCUT2D eigenvalue weighted by atomic mass is 16.7. The van der Waals surface area contributed by atoms with Crippen LogP contribution in [0.4, 0.5) is 0 Å². The molecule has 1 amide bonds. The first kappa shape index (κ1) is 21.5. The maximum Gasteiger partial charge on any atom is 0.482 e. The number of fused-ring (bicyclic) bond motifs is 3. The minimum Gasteiger partial charge on any atom is -0.468 e. The zero-order valence-electron chi connectivity index (χ0n) is 20.3. The van der Waals surface area contributed by atoms with Gasteiger partial charge in [0, 0.05) is 17.2 Å². The zero-order chi connectivity index (χ0) is 23.2. The van der Waals surface area contributed by atoms with Crippen LogP contribution >= 0.6 is 0 Å². The molecule has 3 saturated heterocycles. The predicted octanol–water partition coefficient (Wildman–Crippen LogP) is 4.30. The zero-order valence-corrected chi connectivity index (χ0v) is 20.3. The van der Waals surface area contributed by atoms with Gasteiger partial charge in [0.05, 0.1) is 42.0 Å². The number of carbonyl (C=O) groups excluding carboxylic acids is 1. The summed E-state index contributed by atoms with van der Waals surface area (Å²) in [6.07, 6.45) is 7.80. The fourth-order valence-electron chi connectivity index (χ4n) is 7.90. The van der Waals surface area contributed by atoms with E-state index in [9.17, 15) is 4.79 Å². The monoisotopic (exact) mass is 463 g/mol. The van der Waals surface area contributed by atoms with Crippen LogP contribution in [0.1, 0.15) is 58.6 Å². The van der Waals surface area contributed by atoms with E-state index in [0.29, 0.717) is 18.3 Å². The van der Waals surface area contributed by atoms with Gasteiger partial charge < -0.3 is 23.8 Å². The Morgan fingerprint density at radius 1 is 1.18 bits per heavy atom. The van der Waals surface area contributed by atoms with Crippen molar-refractivity contribution in [1.82, 2.24) is 5.32 Å². The van der Waals surface area contributed by atoms with Gasteiger partial charge in [-0.25, -0.2) is 0 Å². The van der Waals surface area contributed by atoms with Gasteiger partial charge in [-0.15, -0.1) is 0 Å². The van der Waals surface area contributed by atoms with Crippen molar-refractivity contribution in [3.8, 4) is 0 Å². The second kappa shape index (κ2) is 7.34. The van der Waals surface area contributed by atoms with E-state index in [1.165, 1.54) is 6.42 Å². The number of ether oxygens (including phenoxy) is 1. The van der Waals surface area contributed by atoms with Crippen LogP contribution in [0.15, 0.2) is 34.9 Å². The summed E-state index contributed by atoms with van der Waals surface area (Å²) < 4.78 is 25.3. The summed E-state index contributed by atoms with van der Waals surface area (Å²) in [4.78, 5) is 13.4. The topological polar surface area (TPSA) is 69.9 Å². The average molecular weight is 463 g/mol. The molecule has 3 aliphatic carbocycles. The SMILES string of the molecule is CC1(C)[C@@H]2C[C@H]3OB([C@H](Cc4occ5ccccc45)NC(=O)[C@@H]4C[C@H]5CC[C@@H]4O5)O[C@@]3(C)[C@H]1C2. The quantitative estimate of drug-likeness (QED) is 0.670. The lowest BCUT2D eigenvalue weighted by Gasteiger charge is -2.64. The normalized spacial score (nSPS) is 40.3. The lowest BCUT2D eigenvalue weighted by Crippen LogP contribution is -2.65. The molecule has 1 aromatic heterocycles. The number of nitrogens with one attached hydrogen (secondary N) is 1. The maximum atomic E-state index is 13.4. The van der Waals surface area contributed by atoms with Crippen LogP contribution < -0.4 is 5.32 Å². The van der Waals surface area contributed by atoms with Gasteiger partial charge in [0.1, 0.15) is 5.76 Å². The van der Waals surface area contributed by atoms with Crippen molar-refractivity contribution >= 4 is 23.8 Å². The molecule has 4 bridgehead atoms. The van der Waals surface area contributed by atoms with E-state index in [-0.39, 0.29) is 47.1 Å². The summed E-state index contributed by atoms with van der Waals surface area (Å²) in [6.45, 7) is 6.96. The van der Waals surface area contributed by atoms with Gasteiger partial charge in [-0.05, 0) is 56.3 Å². The standard InChI is InChI=1S/C27H34BNO5/c1-26(2)16-10-22(26)27(3)23(11-16)33-28(34-27)24(13-21-18-7-5-4-6-15(18)14-31-21)29-25(30)19-12-17-8-9-20(19)32-17/h4-7,14,16-17,19-20,22-24H,8-13H2,1-3H3,(H,29,30)/t16-,17+,19+,20-,22-,23+,24-,27-/m0/s1. The lowest BCUT2D eigenvalue weighted by atomic mass is 9.43. The highest BCUT2D eigenvalue weighted by Gasteiger charge is 2.68. The fourth-order valence-corrected chi connectivity index (χ4v) is 7.90. The Labute approximate surface area is 201 Å². The molecule has 7 heteroatoms. The Hall–Kier alpha value is -1.83. The van der Waals surface area contributed by atoms with Crippen LogP contribution in [0.3, 0.4) is 0 Å². The van der Waals surface area contributed by atoms with Crippen LogP contribution in [0.2, 0.25) is 0 Å². The number of hydrogen-bond acceptors (Lipinski definition) is 5. The van der Waals surface area contributed by atoms with Crippen LogP contribution in [0.25, 0.3) is 10.8 Å². The van der Waals surface area contributed by atoms with Gasteiger partial charge in [0.25, 0.3) is 0 Å². The van der Waals surface area contributed by atoms with E-state index in [2.05, 4.69) is 38.2 Å². The lowest BCUT2D eigenvalue weighted by molar-refractivity contribution is -0.199. The molecule has 6 fully saturated rings. The van der Waals surface area contributed by atoms with Crippen molar-refractivity contribution in [1.29, 1.82) is 0 Å². The first-order valence-corrected chi connectivity index (χ1v) is 13.1.